The SMILES string of the molecule is CCOC(=O)N1CCc2c(sc3c2C(=O)NC(/C=C\c2ccccc2[N+](=O)[O-])N3)C1. The van der Waals surface area contributed by atoms with Gasteiger partial charge < -0.3 is 20.3 Å². The molecule has 1 aromatic carbocycles. The molecule has 2 aliphatic rings. The number of nitro benzene ring substituents is 1. The molecule has 2 N–H and O–H groups in total. The van der Waals surface area contributed by atoms with Gasteiger partial charge in [-0.05, 0) is 37.1 Å². The first-order chi connectivity index (χ1) is 14.5. The first-order valence-electron chi connectivity index (χ1n) is 9.53. The van der Waals surface area contributed by atoms with E-state index in [1.807, 2.05) is 0 Å². The maximum absolute atomic E-state index is 12.7. The van der Waals surface area contributed by atoms with Gasteiger partial charge >= 0.3 is 6.09 Å². The van der Waals surface area contributed by atoms with Crippen LogP contribution in [0.3, 0.4) is 0 Å². The average Bonchev–Trinajstić information content (AvgIpc) is 3.10. The van der Waals surface area contributed by atoms with Crippen LogP contribution in [-0.2, 0) is 17.7 Å². The number of hydrogen-bond donors (Lipinski definition) is 2. The van der Waals surface area contributed by atoms with Crippen molar-refractivity contribution in [3.8, 4) is 0 Å². The number of benzene rings is 1. The predicted octanol–water partition coefficient (Wildman–Crippen LogP) is 3.37. The zero-order chi connectivity index (χ0) is 21.3. The minimum Gasteiger partial charge on any atom is -0.450 e. The van der Waals surface area contributed by atoms with Crippen molar-refractivity contribution in [1.29, 1.82) is 0 Å². The van der Waals surface area contributed by atoms with E-state index in [1.165, 1.54) is 17.4 Å². The quantitative estimate of drug-likeness (QED) is 0.570. The van der Waals surface area contributed by atoms with E-state index in [-0.39, 0.29) is 17.7 Å². The molecule has 1 unspecified atom stereocenters. The Morgan fingerprint density at radius 3 is 2.97 bits per heavy atom. The van der Waals surface area contributed by atoms with Gasteiger partial charge in [-0.3, -0.25) is 14.9 Å². The van der Waals surface area contributed by atoms with Crippen molar-refractivity contribution < 1.29 is 19.2 Å². The average molecular weight is 428 g/mol. The van der Waals surface area contributed by atoms with Crippen molar-refractivity contribution in [2.24, 2.45) is 0 Å². The van der Waals surface area contributed by atoms with E-state index < -0.39 is 11.1 Å². The number of nitrogens with one attached hydrogen (secondary N) is 2. The summed E-state index contributed by atoms with van der Waals surface area (Å²) in [7, 11) is 0. The first-order valence-corrected chi connectivity index (χ1v) is 10.3. The molecule has 2 amide bonds. The number of carbonyl (C=O) groups excluding carboxylic acids is 2. The third-order valence-corrected chi connectivity index (χ3v) is 6.13. The standard InChI is InChI=1S/C20H20N4O5S/c1-2-29-20(26)23-10-9-13-15(11-23)30-19-17(13)18(25)21-16(22-19)8-7-12-5-3-4-6-14(12)24(27)28/h3-8,16,22H,2,9-11H2,1H3,(H,21,25)/b8-7-. The number of ether oxygens (including phenoxy) is 1. The Balaban J connectivity index is 1.54. The van der Waals surface area contributed by atoms with E-state index in [9.17, 15) is 19.7 Å². The molecular weight excluding hydrogens is 408 g/mol. The Labute approximate surface area is 176 Å². The van der Waals surface area contributed by atoms with Crippen molar-refractivity contribution in [1.82, 2.24) is 10.2 Å². The third-order valence-electron chi connectivity index (χ3n) is 4.98. The maximum atomic E-state index is 12.7. The lowest BCUT2D eigenvalue weighted by molar-refractivity contribution is -0.385. The number of anilines is 1. The highest BCUT2D eigenvalue weighted by Gasteiger charge is 2.33. The summed E-state index contributed by atoms with van der Waals surface area (Å²) in [4.78, 5) is 38.1. The van der Waals surface area contributed by atoms with Gasteiger partial charge in [0.1, 0.15) is 11.2 Å². The second-order valence-corrected chi connectivity index (χ2v) is 7.95. The summed E-state index contributed by atoms with van der Waals surface area (Å²) in [5.41, 5.74) is 2.04. The molecule has 0 aliphatic carbocycles. The number of carbonyl (C=O) groups is 2. The van der Waals surface area contributed by atoms with Crippen molar-refractivity contribution in [3.63, 3.8) is 0 Å². The van der Waals surface area contributed by atoms with E-state index in [4.69, 9.17) is 4.74 Å². The lowest BCUT2D eigenvalue weighted by Crippen LogP contribution is -2.43. The van der Waals surface area contributed by atoms with E-state index in [0.717, 1.165) is 15.4 Å². The molecule has 1 aromatic heterocycles. The maximum Gasteiger partial charge on any atom is 0.410 e. The summed E-state index contributed by atoms with van der Waals surface area (Å²) in [6.07, 6.45) is 3.05. The zero-order valence-corrected chi connectivity index (χ0v) is 17.0. The summed E-state index contributed by atoms with van der Waals surface area (Å²) in [5, 5.41) is 18.1. The minimum atomic E-state index is -0.494. The molecule has 0 fully saturated rings. The fraction of sp³-hybridized carbons (Fsp3) is 0.300. The fourth-order valence-corrected chi connectivity index (χ4v) is 4.90. The van der Waals surface area contributed by atoms with E-state index in [1.54, 1.807) is 42.2 Å². The van der Waals surface area contributed by atoms with Crippen LogP contribution in [0.15, 0.2) is 30.3 Å². The van der Waals surface area contributed by atoms with Crippen molar-refractivity contribution in [2.45, 2.75) is 26.1 Å². The lowest BCUT2D eigenvalue weighted by Gasteiger charge is -2.27. The van der Waals surface area contributed by atoms with Crippen LogP contribution in [-0.4, -0.2) is 41.1 Å². The van der Waals surface area contributed by atoms with Gasteiger partial charge in [-0.15, -0.1) is 11.3 Å². The molecule has 2 aromatic rings. The number of hydrogen-bond acceptors (Lipinski definition) is 7. The monoisotopic (exact) mass is 428 g/mol. The van der Waals surface area contributed by atoms with E-state index in [0.29, 0.717) is 37.2 Å². The zero-order valence-electron chi connectivity index (χ0n) is 16.2. The van der Waals surface area contributed by atoms with Crippen LogP contribution >= 0.6 is 11.3 Å². The van der Waals surface area contributed by atoms with Gasteiger partial charge in [-0.2, -0.15) is 0 Å². The summed E-state index contributed by atoms with van der Waals surface area (Å²) in [6, 6.07) is 6.42. The summed E-state index contributed by atoms with van der Waals surface area (Å²) in [5.74, 6) is -0.192. The third kappa shape index (κ3) is 3.73. The molecule has 156 valence electrons. The van der Waals surface area contributed by atoms with Gasteiger partial charge in [0, 0.05) is 17.5 Å². The van der Waals surface area contributed by atoms with E-state index in [2.05, 4.69) is 10.6 Å². The summed E-state index contributed by atoms with van der Waals surface area (Å²) < 4.78 is 5.08. The van der Waals surface area contributed by atoms with Crippen LogP contribution in [0, 0.1) is 10.1 Å². The number of rotatable bonds is 4. The Morgan fingerprint density at radius 2 is 2.20 bits per heavy atom. The molecule has 0 radical (unpaired) electrons. The molecule has 2 aliphatic heterocycles. The Hall–Kier alpha value is -3.40. The van der Waals surface area contributed by atoms with Gasteiger partial charge in [0.05, 0.1) is 29.2 Å². The fourth-order valence-electron chi connectivity index (χ4n) is 3.60. The molecule has 0 saturated carbocycles. The second kappa shape index (κ2) is 8.15. The number of amides is 2. The smallest absolute Gasteiger partial charge is 0.410 e. The van der Waals surface area contributed by atoms with Crippen LogP contribution in [0.1, 0.15) is 33.3 Å². The van der Waals surface area contributed by atoms with Crippen LogP contribution in [0.2, 0.25) is 0 Å². The van der Waals surface area contributed by atoms with Crippen LogP contribution < -0.4 is 10.6 Å². The van der Waals surface area contributed by atoms with Gasteiger partial charge in [0.2, 0.25) is 0 Å². The van der Waals surface area contributed by atoms with Gasteiger partial charge in [0.25, 0.3) is 11.6 Å². The van der Waals surface area contributed by atoms with Crippen LogP contribution in [0.4, 0.5) is 15.5 Å². The molecule has 3 heterocycles. The van der Waals surface area contributed by atoms with Gasteiger partial charge in [-0.25, -0.2) is 4.79 Å². The molecule has 0 saturated heterocycles. The highest BCUT2D eigenvalue weighted by molar-refractivity contribution is 7.16. The summed E-state index contributed by atoms with van der Waals surface area (Å²) >= 11 is 1.45. The molecule has 10 heteroatoms. The van der Waals surface area contributed by atoms with Crippen LogP contribution in [0.25, 0.3) is 6.08 Å². The molecule has 4 rings (SSSR count). The molecular formula is C20H20N4O5S. The normalized spacial score (nSPS) is 17.7. The number of para-hydroxylation sites is 1. The summed E-state index contributed by atoms with van der Waals surface area (Å²) in [6.45, 7) is 3.00. The highest BCUT2D eigenvalue weighted by Crippen LogP contribution is 2.39. The molecule has 0 bridgehead atoms. The van der Waals surface area contributed by atoms with E-state index >= 15 is 0 Å². The number of fused-ring (bicyclic) bond motifs is 3. The van der Waals surface area contributed by atoms with Crippen molar-refractivity contribution in [3.05, 3.63) is 62.0 Å². The van der Waals surface area contributed by atoms with Gasteiger partial charge in [-0.1, -0.05) is 12.1 Å². The second-order valence-electron chi connectivity index (χ2n) is 6.85. The molecule has 0 spiro atoms. The Morgan fingerprint density at radius 1 is 1.40 bits per heavy atom. The Bertz CT molecular complexity index is 1050. The van der Waals surface area contributed by atoms with Crippen molar-refractivity contribution >= 4 is 40.1 Å². The molecule has 30 heavy (non-hydrogen) atoms. The first kappa shape index (κ1) is 19.9. The number of thiophene rings is 1. The highest BCUT2D eigenvalue weighted by atomic mass is 32.1. The lowest BCUT2D eigenvalue weighted by atomic mass is 10.0. The van der Waals surface area contributed by atoms with Crippen LogP contribution in [0.5, 0.6) is 0 Å². The Kier molecular flexibility index (Phi) is 5.40. The number of nitro groups is 1. The number of nitrogens with zero attached hydrogens (tertiary/aromatic N) is 2. The van der Waals surface area contributed by atoms with Gasteiger partial charge in [0.15, 0.2) is 0 Å². The topological polar surface area (TPSA) is 114 Å². The van der Waals surface area contributed by atoms with Crippen molar-refractivity contribution in [2.75, 3.05) is 18.5 Å². The minimum absolute atomic E-state index is 0.00206. The molecule has 1 atom stereocenters. The predicted molar refractivity (Wildman–Crippen MR) is 112 cm³/mol. The largest absolute Gasteiger partial charge is 0.450 e. The molecule has 9 nitrogen and oxygen atoms in total.